The van der Waals surface area contributed by atoms with Gasteiger partial charge in [-0.3, -0.25) is 4.79 Å². The molecular formula is C15H20ClF3N2O5S. The summed E-state index contributed by atoms with van der Waals surface area (Å²) in [4.78, 5) is 11.4. The summed E-state index contributed by atoms with van der Waals surface area (Å²) in [5.74, 6) is -1.77. The van der Waals surface area contributed by atoms with E-state index in [9.17, 15) is 31.5 Å². The van der Waals surface area contributed by atoms with Crippen molar-refractivity contribution >= 4 is 33.2 Å². The average molecular weight is 433 g/mol. The van der Waals surface area contributed by atoms with E-state index in [1.165, 1.54) is 0 Å². The molecule has 27 heavy (non-hydrogen) atoms. The first-order valence-corrected chi connectivity index (χ1v) is 9.51. The minimum atomic E-state index is -5.21. The molecule has 1 rings (SSSR count). The zero-order valence-electron chi connectivity index (χ0n) is 14.7. The van der Waals surface area contributed by atoms with Crippen LogP contribution >= 0.6 is 11.6 Å². The molecule has 3 N–H and O–H groups in total. The lowest BCUT2D eigenvalue weighted by Crippen LogP contribution is -2.52. The van der Waals surface area contributed by atoms with Gasteiger partial charge in [-0.2, -0.15) is 17.5 Å². The molecule has 1 aromatic carbocycles. The van der Waals surface area contributed by atoms with E-state index in [4.69, 9.17) is 16.7 Å². The molecule has 1 amide bonds. The minimum absolute atomic E-state index is 0.162. The molecule has 0 heterocycles. The topological polar surface area (TPSA) is 107 Å². The van der Waals surface area contributed by atoms with Gasteiger partial charge in [-0.1, -0.05) is 11.6 Å². The first-order valence-electron chi connectivity index (χ1n) is 7.69. The van der Waals surface area contributed by atoms with Gasteiger partial charge in [0.2, 0.25) is 15.6 Å². The molecule has 1 aromatic rings. The summed E-state index contributed by atoms with van der Waals surface area (Å²) in [6.07, 6.45) is -5.21. The summed E-state index contributed by atoms with van der Waals surface area (Å²) in [7, 11) is -4.04. The van der Waals surface area contributed by atoms with E-state index in [0.717, 1.165) is 22.5 Å². The number of rotatable bonds is 7. The number of nitrogens with zero attached hydrogens (tertiary/aromatic N) is 1. The van der Waals surface area contributed by atoms with Crippen molar-refractivity contribution in [2.24, 2.45) is 0 Å². The average Bonchev–Trinajstić information content (AvgIpc) is 2.52. The smallest absolute Gasteiger partial charge is 0.395 e. The normalized spacial score (nSPS) is 15.1. The molecule has 1 atom stereocenters. The van der Waals surface area contributed by atoms with Crippen LogP contribution in [0, 0.1) is 0 Å². The highest BCUT2D eigenvalue weighted by Gasteiger charge is 2.55. The van der Waals surface area contributed by atoms with Crippen LogP contribution in [0.4, 0.5) is 18.9 Å². The first kappa shape index (κ1) is 23.6. The fraction of sp³-hybridized carbons (Fsp3) is 0.533. The van der Waals surface area contributed by atoms with Gasteiger partial charge < -0.3 is 15.5 Å². The summed E-state index contributed by atoms with van der Waals surface area (Å²) in [6, 6.07) is 2.55. The minimum Gasteiger partial charge on any atom is -0.395 e. The van der Waals surface area contributed by atoms with Crippen molar-refractivity contribution in [2.45, 2.75) is 43.5 Å². The second-order valence-corrected chi connectivity index (χ2v) is 8.40. The van der Waals surface area contributed by atoms with Gasteiger partial charge in [0.1, 0.15) is 0 Å². The van der Waals surface area contributed by atoms with Gasteiger partial charge in [-0.15, -0.1) is 0 Å². The number of aliphatic hydroxyl groups excluding tert-OH is 1. The Hall–Kier alpha value is -1.40. The second-order valence-electron chi connectivity index (χ2n) is 6.10. The number of halogens is 4. The van der Waals surface area contributed by atoms with E-state index >= 15 is 0 Å². The quantitative estimate of drug-likeness (QED) is 0.610. The lowest BCUT2D eigenvalue weighted by Gasteiger charge is -2.26. The lowest BCUT2D eigenvalue weighted by atomic mass is 10.1. The van der Waals surface area contributed by atoms with Crippen LogP contribution in [0.2, 0.25) is 5.02 Å². The van der Waals surface area contributed by atoms with Crippen molar-refractivity contribution in [1.29, 1.82) is 0 Å². The molecule has 0 aliphatic rings. The predicted molar refractivity (Wildman–Crippen MR) is 92.9 cm³/mol. The van der Waals surface area contributed by atoms with E-state index < -0.39 is 40.4 Å². The van der Waals surface area contributed by atoms with Gasteiger partial charge in [0.25, 0.3) is 5.91 Å². The van der Waals surface area contributed by atoms with Gasteiger partial charge in [0.05, 0.1) is 22.2 Å². The van der Waals surface area contributed by atoms with E-state index in [0.29, 0.717) is 0 Å². The molecular weight excluding hydrogens is 413 g/mol. The van der Waals surface area contributed by atoms with Crippen molar-refractivity contribution in [1.82, 2.24) is 4.31 Å². The largest absolute Gasteiger partial charge is 0.426 e. The molecule has 0 aliphatic heterocycles. The Labute approximate surface area is 159 Å². The maximum Gasteiger partial charge on any atom is 0.426 e. The third-order valence-electron chi connectivity index (χ3n) is 3.69. The molecule has 0 fully saturated rings. The Kier molecular flexibility index (Phi) is 7.28. The number of aliphatic hydroxyl groups is 2. The molecule has 0 aliphatic carbocycles. The highest BCUT2D eigenvalue weighted by atomic mass is 35.5. The summed E-state index contributed by atoms with van der Waals surface area (Å²) in [6.45, 7) is 2.91. The van der Waals surface area contributed by atoms with Gasteiger partial charge >= 0.3 is 6.18 Å². The molecule has 0 bridgehead atoms. The molecule has 0 saturated carbocycles. The number of carbonyl (C=O) groups excluding carboxylic acids is 1. The second kappa shape index (κ2) is 8.31. The van der Waals surface area contributed by atoms with Crippen LogP contribution in [0.25, 0.3) is 0 Å². The molecule has 154 valence electrons. The summed E-state index contributed by atoms with van der Waals surface area (Å²) < 4.78 is 64.3. The van der Waals surface area contributed by atoms with Crippen LogP contribution in [0.15, 0.2) is 23.1 Å². The Balaban J connectivity index is 3.19. The van der Waals surface area contributed by atoms with E-state index in [2.05, 4.69) is 0 Å². The Morgan fingerprint density at radius 3 is 2.30 bits per heavy atom. The molecule has 7 nitrogen and oxygen atoms in total. The van der Waals surface area contributed by atoms with Crippen LogP contribution in [0.3, 0.4) is 0 Å². The number of alkyl halides is 3. The summed E-state index contributed by atoms with van der Waals surface area (Å²) in [5.41, 5.74) is -3.96. The molecule has 0 radical (unpaired) electrons. The molecule has 12 heteroatoms. The molecule has 0 spiro atoms. The third-order valence-corrected chi connectivity index (χ3v) is 6.07. The standard InChI is InChI=1S/C15H20ClF3N2O5S/c1-9(2)21(6-7-22)27(25,26)10-4-5-12(11(16)8-10)20-13(23)14(3,24)15(17,18)19/h4-5,8-9,22,24H,6-7H2,1-3H3,(H,20,23)/t14-/m1/s1. The van der Waals surface area contributed by atoms with Crippen LogP contribution in [0.1, 0.15) is 20.8 Å². The number of benzene rings is 1. The molecule has 0 saturated heterocycles. The van der Waals surface area contributed by atoms with Crippen LogP contribution < -0.4 is 5.32 Å². The van der Waals surface area contributed by atoms with Crippen molar-refractivity contribution in [3.05, 3.63) is 23.2 Å². The maximum atomic E-state index is 12.7. The molecule has 0 aromatic heterocycles. The Bertz CT molecular complexity index is 797. The van der Waals surface area contributed by atoms with Crippen molar-refractivity contribution in [3.63, 3.8) is 0 Å². The third kappa shape index (κ3) is 5.11. The van der Waals surface area contributed by atoms with Crippen molar-refractivity contribution in [2.75, 3.05) is 18.5 Å². The van der Waals surface area contributed by atoms with Crippen LogP contribution in [-0.2, 0) is 14.8 Å². The van der Waals surface area contributed by atoms with Gasteiger partial charge in [0, 0.05) is 12.6 Å². The lowest BCUT2D eigenvalue weighted by molar-refractivity contribution is -0.242. The zero-order chi connectivity index (χ0) is 21.2. The van der Waals surface area contributed by atoms with Gasteiger partial charge in [-0.25, -0.2) is 8.42 Å². The van der Waals surface area contributed by atoms with Crippen molar-refractivity contribution < 1.29 is 36.6 Å². The maximum absolute atomic E-state index is 12.7. The zero-order valence-corrected chi connectivity index (χ0v) is 16.3. The highest BCUT2D eigenvalue weighted by molar-refractivity contribution is 7.89. The number of nitrogens with one attached hydrogen (secondary N) is 1. The van der Waals surface area contributed by atoms with E-state index in [-0.39, 0.29) is 29.1 Å². The Morgan fingerprint density at radius 1 is 1.33 bits per heavy atom. The highest BCUT2D eigenvalue weighted by Crippen LogP contribution is 2.33. The summed E-state index contributed by atoms with van der Waals surface area (Å²) >= 11 is 5.90. The fourth-order valence-electron chi connectivity index (χ4n) is 2.02. The fourth-order valence-corrected chi connectivity index (χ4v) is 3.97. The van der Waals surface area contributed by atoms with Gasteiger partial charge in [-0.05, 0) is 39.0 Å². The number of anilines is 1. The van der Waals surface area contributed by atoms with Crippen molar-refractivity contribution in [3.8, 4) is 0 Å². The number of sulfonamides is 1. The first-order chi connectivity index (χ1) is 12.2. The SMILES string of the molecule is CC(C)N(CCO)S(=O)(=O)c1ccc(NC(=O)[C@@](C)(O)C(F)(F)F)c(Cl)c1. The number of hydrogen-bond donors (Lipinski definition) is 3. The predicted octanol–water partition coefficient (Wildman–Crippen LogP) is 1.98. The summed E-state index contributed by atoms with van der Waals surface area (Å²) in [5, 5.41) is 19.9. The van der Waals surface area contributed by atoms with E-state index in [1.807, 2.05) is 5.32 Å². The number of amides is 1. The number of hydrogen-bond acceptors (Lipinski definition) is 5. The monoisotopic (exact) mass is 432 g/mol. The Morgan fingerprint density at radius 2 is 1.89 bits per heavy atom. The number of carbonyl (C=O) groups is 1. The van der Waals surface area contributed by atoms with Crippen LogP contribution in [-0.4, -0.2) is 59.8 Å². The van der Waals surface area contributed by atoms with Crippen LogP contribution in [0.5, 0.6) is 0 Å². The molecule has 0 unspecified atom stereocenters. The van der Waals surface area contributed by atoms with E-state index in [1.54, 1.807) is 13.8 Å². The van der Waals surface area contributed by atoms with Gasteiger partial charge in [0.15, 0.2) is 0 Å².